The molecule has 10 nitrogen and oxygen atoms in total. The lowest BCUT2D eigenvalue weighted by atomic mass is 10.0. The second kappa shape index (κ2) is 11.3. The topological polar surface area (TPSA) is 106 Å². The Morgan fingerprint density at radius 1 is 1.13 bits per heavy atom. The number of aryl methyl sites for hydroxylation is 1. The van der Waals surface area contributed by atoms with Crippen LogP contribution in [0, 0.1) is 6.92 Å². The lowest BCUT2D eigenvalue weighted by Gasteiger charge is -2.36. The minimum atomic E-state index is -4.85. The number of hydrogen-bond donors (Lipinski definition) is 1. The summed E-state index contributed by atoms with van der Waals surface area (Å²) >= 11 is 5.94. The number of ether oxygens (including phenoxy) is 2. The van der Waals surface area contributed by atoms with E-state index in [4.69, 9.17) is 16.3 Å². The van der Waals surface area contributed by atoms with Gasteiger partial charge in [-0.1, -0.05) is 11.6 Å². The van der Waals surface area contributed by atoms with Crippen molar-refractivity contribution >= 4 is 40.4 Å². The molecule has 0 saturated carbocycles. The van der Waals surface area contributed by atoms with Gasteiger partial charge in [0, 0.05) is 25.2 Å². The lowest BCUT2D eigenvalue weighted by Crippen LogP contribution is -2.44. The number of amides is 1. The van der Waals surface area contributed by atoms with Gasteiger partial charge in [0.1, 0.15) is 17.0 Å². The fraction of sp³-hybridized carbons (Fsp3) is 0.480. The van der Waals surface area contributed by atoms with Crippen molar-refractivity contribution in [2.45, 2.75) is 45.0 Å². The van der Waals surface area contributed by atoms with Gasteiger partial charge in [-0.3, -0.25) is 4.79 Å². The molecule has 2 aliphatic rings. The quantitative estimate of drug-likeness (QED) is 0.447. The normalized spacial score (nSPS) is 17.0. The number of aromatic nitrogens is 4. The van der Waals surface area contributed by atoms with E-state index in [0.717, 1.165) is 38.1 Å². The maximum atomic E-state index is 12.4. The molecule has 0 bridgehead atoms. The van der Waals surface area contributed by atoms with Gasteiger partial charge in [0.25, 0.3) is 5.91 Å². The van der Waals surface area contributed by atoms with Crippen LogP contribution in [0.3, 0.4) is 0 Å². The Hall–Kier alpha value is -3.45. The van der Waals surface area contributed by atoms with Crippen molar-refractivity contribution in [2.24, 2.45) is 0 Å². The zero-order chi connectivity index (χ0) is 27.6. The van der Waals surface area contributed by atoms with Crippen LogP contribution >= 0.6 is 11.6 Å². The first-order valence-electron chi connectivity index (χ1n) is 12.6. The molecule has 1 amide bonds. The highest BCUT2D eigenvalue weighted by Crippen LogP contribution is 2.32. The highest BCUT2D eigenvalue weighted by Gasteiger charge is 2.31. The molecule has 0 unspecified atom stereocenters. The number of rotatable bonds is 7. The molecule has 0 spiro atoms. The summed E-state index contributed by atoms with van der Waals surface area (Å²) in [5.41, 5.74) is 1.54. The van der Waals surface area contributed by atoms with Gasteiger partial charge in [0.05, 0.1) is 16.9 Å². The van der Waals surface area contributed by atoms with Gasteiger partial charge in [-0.05, 0) is 57.8 Å². The van der Waals surface area contributed by atoms with E-state index in [9.17, 15) is 18.0 Å². The highest BCUT2D eigenvalue weighted by molar-refractivity contribution is 6.32. The van der Waals surface area contributed by atoms with E-state index in [-0.39, 0.29) is 16.6 Å². The molecule has 39 heavy (non-hydrogen) atoms. The van der Waals surface area contributed by atoms with Gasteiger partial charge in [-0.15, -0.1) is 13.2 Å². The molecule has 3 aromatic rings. The molecule has 0 atom stereocenters. The average molecular weight is 566 g/mol. The van der Waals surface area contributed by atoms with E-state index in [1.54, 1.807) is 0 Å². The molecule has 0 aliphatic carbocycles. The maximum absolute atomic E-state index is 12.4. The summed E-state index contributed by atoms with van der Waals surface area (Å²) in [7, 11) is 0. The number of nitrogens with zero attached hydrogens (tertiary/aromatic N) is 6. The summed E-state index contributed by atoms with van der Waals surface area (Å²) < 4.78 is 46.2. The molecule has 208 valence electrons. The van der Waals surface area contributed by atoms with Crippen LogP contribution in [-0.4, -0.2) is 75.9 Å². The lowest BCUT2D eigenvalue weighted by molar-refractivity contribution is -0.274. The monoisotopic (exact) mass is 565 g/mol. The summed E-state index contributed by atoms with van der Waals surface area (Å²) in [6.07, 6.45) is 1.28. The number of carbonyl (C=O) groups excluding carboxylic acids is 1. The van der Waals surface area contributed by atoms with E-state index < -0.39 is 24.6 Å². The minimum Gasteiger partial charge on any atom is -0.482 e. The summed E-state index contributed by atoms with van der Waals surface area (Å²) in [6, 6.07) is 3.79. The molecular formula is C25H27ClF3N7O3. The third-order valence-corrected chi connectivity index (χ3v) is 7.03. The Morgan fingerprint density at radius 2 is 1.87 bits per heavy atom. The van der Waals surface area contributed by atoms with Crippen LogP contribution in [0.4, 0.5) is 24.9 Å². The number of carbonyl (C=O) groups is 1. The summed E-state index contributed by atoms with van der Waals surface area (Å²) in [6.45, 7) is 5.52. The Labute approximate surface area is 227 Å². The highest BCUT2D eigenvalue weighted by atomic mass is 35.5. The van der Waals surface area contributed by atoms with Gasteiger partial charge < -0.3 is 24.6 Å². The zero-order valence-corrected chi connectivity index (χ0v) is 21.9. The predicted octanol–water partition coefficient (Wildman–Crippen LogP) is 4.36. The number of nitrogens with one attached hydrogen (secondary N) is 1. The first-order valence-corrected chi connectivity index (χ1v) is 13.0. The van der Waals surface area contributed by atoms with E-state index in [1.165, 1.54) is 38.2 Å². The molecule has 2 aromatic heterocycles. The maximum Gasteiger partial charge on any atom is 0.573 e. The number of alkyl halides is 3. The molecule has 14 heteroatoms. The summed E-state index contributed by atoms with van der Waals surface area (Å²) in [5.74, 6) is -0.230. The standard InChI is InChI=1S/C25H27ClF3N7O3/c1-15-22-23(34-24(31-15)36-10-6-16(7-11-36)35-8-2-3-9-35)30-13-20(33-22)32-21(37)14-38-19-5-4-17(12-18(19)26)39-25(27,28)29/h4-5,12-13,16H,2-3,6-11,14H2,1H3,(H,32,33,37). The van der Waals surface area contributed by atoms with Crippen LogP contribution in [0.15, 0.2) is 24.4 Å². The molecule has 2 fully saturated rings. The summed E-state index contributed by atoms with van der Waals surface area (Å²) in [4.78, 5) is 35.2. The third-order valence-electron chi connectivity index (χ3n) is 6.74. The van der Waals surface area contributed by atoms with E-state index >= 15 is 0 Å². The largest absolute Gasteiger partial charge is 0.573 e. The average Bonchev–Trinajstić information content (AvgIpc) is 3.43. The predicted molar refractivity (Wildman–Crippen MR) is 138 cm³/mol. The number of hydrogen-bond acceptors (Lipinski definition) is 9. The van der Waals surface area contributed by atoms with Crippen molar-refractivity contribution in [1.29, 1.82) is 0 Å². The van der Waals surface area contributed by atoms with Crippen molar-refractivity contribution in [3.63, 3.8) is 0 Å². The van der Waals surface area contributed by atoms with Crippen LogP contribution in [0.25, 0.3) is 11.2 Å². The Bertz CT molecular complexity index is 1350. The van der Waals surface area contributed by atoms with E-state index in [0.29, 0.717) is 28.8 Å². The fourth-order valence-electron chi connectivity index (χ4n) is 4.89. The molecule has 2 saturated heterocycles. The Kier molecular flexibility index (Phi) is 7.89. The van der Waals surface area contributed by atoms with E-state index in [1.807, 2.05) is 6.92 Å². The van der Waals surface area contributed by atoms with Crippen LogP contribution in [0.2, 0.25) is 5.02 Å². The fourth-order valence-corrected chi connectivity index (χ4v) is 5.11. The Morgan fingerprint density at radius 3 is 2.56 bits per heavy atom. The smallest absolute Gasteiger partial charge is 0.482 e. The number of fused-ring (bicyclic) bond motifs is 1. The number of piperidine rings is 1. The number of halogens is 4. The van der Waals surface area contributed by atoms with Gasteiger partial charge in [-0.2, -0.15) is 4.98 Å². The van der Waals surface area contributed by atoms with Gasteiger partial charge in [0.15, 0.2) is 18.1 Å². The number of benzene rings is 1. The molecule has 4 heterocycles. The first kappa shape index (κ1) is 27.1. The molecule has 1 N–H and O–H groups in total. The van der Waals surface area contributed by atoms with Crippen LogP contribution in [0.5, 0.6) is 11.5 Å². The number of anilines is 2. The van der Waals surface area contributed by atoms with Crippen molar-refractivity contribution in [2.75, 3.05) is 43.0 Å². The molecular weight excluding hydrogens is 539 g/mol. The first-order chi connectivity index (χ1) is 18.6. The van der Waals surface area contributed by atoms with E-state index in [2.05, 4.69) is 39.8 Å². The molecule has 1 aromatic carbocycles. The minimum absolute atomic E-state index is 0.0205. The van der Waals surface area contributed by atoms with Crippen molar-refractivity contribution in [1.82, 2.24) is 24.8 Å². The van der Waals surface area contributed by atoms with Crippen LogP contribution < -0.4 is 19.7 Å². The molecule has 5 rings (SSSR count). The SMILES string of the molecule is Cc1nc(N2CCC(N3CCCC3)CC2)nc2ncc(NC(=O)COc3ccc(OC(F)(F)F)cc3Cl)nc12. The third kappa shape index (κ3) is 6.77. The summed E-state index contributed by atoms with van der Waals surface area (Å²) in [5, 5.41) is 2.44. The van der Waals surface area contributed by atoms with Crippen molar-refractivity contribution in [3.05, 3.63) is 35.1 Å². The Balaban J connectivity index is 1.18. The van der Waals surface area contributed by atoms with Gasteiger partial charge in [-0.25, -0.2) is 15.0 Å². The van der Waals surface area contributed by atoms with Crippen molar-refractivity contribution < 1.29 is 27.4 Å². The second-order valence-electron chi connectivity index (χ2n) is 9.47. The van der Waals surface area contributed by atoms with Gasteiger partial charge >= 0.3 is 6.36 Å². The number of likely N-dealkylation sites (tertiary alicyclic amines) is 1. The van der Waals surface area contributed by atoms with Gasteiger partial charge in [0.2, 0.25) is 5.95 Å². The van der Waals surface area contributed by atoms with Crippen LogP contribution in [0.1, 0.15) is 31.4 Å². The van der Waals surface area contributed by atoms with Crippen LogP contribution in [-0.2, 0) is 4.79 Å². The molecule has 0 radical (unpaired) electrons. The molecule has 2 aliphatic heterocycles. The zero-order valence-electron chi connectivity index (χ0n) is 21.2. The second-order valence-corrected chi connectivity index (χ2v) is 9.88. The van der Waals surface area contributed by atoms with Crippen molar-refractivity contribution in [3.8, 4) is 11.5 Å².